The SMILES string of the molecule is COc1ncnc(Cl)c1[N+](=O)[O-].COc1ncnc(NN)c1[N+](=O)[O-].COc1ncncc1[N+](=O)[O-].C[O-].I[I-]I.NN.NN.NN.NNc1ncncc1[N+](=O)[O-].Nc1[nH]ncc1[N+](=O)[O-].O=[N+]([O-])c1c(Cl)ncnc1Cl.[Na+]. The predicted octanol–water partition coefficient (Wildman–Crippen LogP) is -6.41. The van der Waals surface area contributed by atoms with E-state index in [2.05, 4.69) is 157 Å². The van der Waals surface area contributed by atoms with Crippen LogP contribution in [-0.4, -0.2) is 118 Å². The van der Waals surface area contributed by atoms with Crippen molar-refractivity contribution in [1.29, 1.82) is 0 Å². The Morgan fingerprint density at radius 1 is 0.506 bits per heavy atom. The van der Waals surface area contributed by atoms with Gasteiger partial charge in [0.15, 0.2) is 5.82 Å². The summed E-state index contributed by atoms with van der Waals surface area (Å²) in [5.41, 5.74) is 7.33. The first-order chi connectivity index (χ1) is 37.1. The molecule has 0 aliphatic heterocycles. The standard InChI is InChI=1S/C5H4ClN3O3.C5H7N5O3.C5H5N3O3.C4HCl2N3O2.C4H5N5O2.C3H4N4O2.CH3O.I3.3H4N2.Na/c1-12-5-3(9(10)11)4(6)7-2-8-5;1-13-5-3(10(11)12)4(9-6)7-2-8-5;1-11-5-4(8(9)10)2-6-3-7-5;5-3-2(9(10)11)4(6)8-1-7-3;5-8-4-3(9(10)11)1-6-2-7-4;4-3-2(7(8)9)1-5-6-3;1-2;1-3-2;3*1-2;/h2H,1H3;2H,6H2,1H3,(H,7,8,9);2-3H,1H3;1H;1-2H,5H2,(H,6,7,8);1H,(H3,4,5,6);1H3;;3*1-2H2;/q;;;;;;2*-1;;;;+1. The number of hydrazine groups is 5. The number of nitrogens with one attached hydrogen (secondary N) is 3. The van der Waals surface area contributed by atoms with Gasteiger partial charge in [-0.3, -0.25) is 101 Å². The molecule has 0 aliphatic carbocycles. The zero-order valence-electron chi connectivity index (χ0n) is 40.2. The van der Waals surface area contributed by atoms with Gasteiger partial charge in [0, 0.05) is 0 Å². The molecule has 0 aromatic carbocycles. The van der Waals surface area contributed by atoms with Gasteiger partial charge in [0.05, 0.1) is 50.9 Å². The van der Waals surface area contributed by atoms with Crippen LogP contribution in [0, 0.1) is 60.7 Å². The van der Waals surface area contributed by atoms with E-state index in [-0.39, 0.29) is 103 Å². The molecule has 0 saturated carbocycles. The summed E-state index contributed by atoms with van der Waals surface area (Å²) in [5.74, 6) is 33.6. The monoisotopic (exact) mass is 1540 g/mol. The number of hydrogen-bond donors (Lipinski definition) is 12. The van der Waals surface area contributed by atoms with E-state index in [1.54, 1.807) is 0 Å². The van der Waals surface area contributed by atoms with Gasteiger partial charge >= 0.3 is 114 Å². The normalized spacial score (nSPS) is 8.53. The number of nitrogens with zero attached hydrogens (tertiary/aromatic N) is 17. The molecule has 0 radical (unpaired) electrons. The summed E-state index contributed by atoms with van der Waals surface area (Å²) >= 11 is 21.4. The largest absolute Gasteiger partial charge is 1.00 e. The summed E-state index contributed by atoms with van der Waals surface area (Å²) in [6, 6.07) is 0. The zero-order valence-corrected chi connectivity index (χ0v) is 51.0. The van der Waals surface area contributed by atoms with E-state index in [0.29, 0.717) is 13.3 Å². The average Bonchev–Trinajstić information content (AvgIpc) is 3.89. The van der Waals surface area contributed by atoms with E-state index in [1.165, 1.54) is 34.0 Å². The van der Waals surface area contributed by atoms with Crippen molar-refractivity contribution in [3.05, 3.63) is 126 Å². The Bertz CT molecular complexity index is 2610. The van der Waals surface area contributed by atoms with Crippen molar-refractivity contribution in [2.24, 2.45) is 46.7 Å². The van der Waals surface area contributed by atoms with E-state index in [0.717, 1.165) is 44.7 Å². The molecule has 52 heteroatoms. The maximum atomic E-state index is 10.5. The van der Waals surface area contributed by atoms with E-state index in [1.807, 2.05) is 0 Å². The van der Waals surface area contributed by atoms with Crippen LogP contribution in [0.2, 0.25) is 15.5 Å². The van der Waals surface area contributed by atoms with Crippen molar-refractivity contribution in [3.8, 4) is 17.6 Å². The van der Waals surface area contributed by atoms with Gasteiger partial charge in [-0.05, 0) is 0 Å². The topological polar surface area (TPSA) is 725 Å². The van der Waals surface area contributed by atoms with Crippen LogP contribution in [0.4, 0.5) is 51.6 Å². The molecule has 6 rings (SSSR count). The van der Waals surface area contributed by atoms with Gasteiger partial charge < -0.3 is 35.9 Å². The second-order valence-corrected chi connectivity index (χ2v) is 27.5. The molecule has 0 saturated heterocycles. The average molecular weight is 1540 g/mol. The minimum Gasteiger partial charge on any atom is -0.378 e. The fraction of sp³-hybridized carbons (Fsp3) is 0.148. The summed E-state index contributed by atoms with van der Waals surface area (Å²) < 4.78 is 13.9. The molecule has 6 aromatic rings. The number of anilines is 3. The molecule has 0 spiro atoms. The van der Waals surface area contributed by atoms with Crippen LogP contribution < -0.4 is 125 Å². The minimum absolute atomic E-state index is 0. The molecule has 6 heterocycles. The molecule has 434 valence electrons. The number of hydrogen-bond acceptors (Lipinski definition) is 38. The van der Waals surface area contributed by atoms with E-state index < -0.39 is 40.9 Å². The smallest absolute Gasteiger partial charge is 0.378 e. The quantitative estimate of drug-likeness (QED) is 0.0143. The Morgan fingerprint density at radius 2 is 0.835 bits per heavy atom. The Kier molecular flexibility index (Phi) is 55.4. The number of nitrogens with two attached hydrogens (primary N) is 9. The number of aromatic amines is 1. The summed E-state index contributed by atoms with van der Waals surface area (Å²) in [6.07, 6.45) is 8.84. The van der Waals surface area contributed by atoms with Crippen LogP contribution in [0.5, 0.6) is 17.6 Å². The van der Waals surface area contributed by atoms with Gasteiger partial charge in [0.2, 0.25) is 27.1 Å². The number of rotatable bonds is 11. The third kappa shape index (κ3) is 33.5. The predicted molar refractivity (Wildman–Crippen MR) is 282 cm³/mol. The van der Waals surface area contributed by atoms with Crippen molar-refractivity contribution in [2.45, 2.75) is 0 Å². The van der Waals surface area contributed by atoms with Crippen LogP contribution in [0.1, 0.15) is 0 Å². The van der Waals surface area contributed by atoms with Crippen molar-refractivity contribution in [3.63, 3.8) is 0 Å². The van der Waals surface area contributed by atoms with Crippen molar-refractivity contribution >= 4 is 124 Å². The maximum absolute atomic E-state index is 10.5. The molecule has 45 nitrogen and oxygen atoms in total. The molecule has 0 amide bonds. The third-order valence-corrected chi connectivity index (χ3v) is 7.09. The molecule has 21 N–H and O–H groups in total. The molecular formula is C27H41Cl3I3N29NaO16-. The van der Waals surface area contributed by atoms with Gasteiger partial charge in [0.25, 0.3) is 17.6 Å². The maximum Gasteiger partial charge on any atom is 1.00 e. The van der Waals surface area contributed by atoms with Gasteiger partial charge in [-0.25, -0.2) is 46.6 Å². The molecule has 6 aromatic heterocycles. The number of H-pyrrole nitrogens is 1. The summed E-state index contributed by atoms with van der Waals surface area (Å²) in [6.45, 7) is 0. The van der Waals surface area contributed by atoms with Crippen LogP contribution in [-0.2, 0) is 0 Å². The summed E-state index contributed by atoms with van der Waals surface area (Å²) in [5, 5.41) is 74.6. The van der Waals surface area contributed by atoms with Crippen LogP contribution in [0.15, 0.2) is 50.2 Å². The van der Waals surface area contributed by atoms with E-state index >= 15 is 0 Å². The van der Waals surface area contributed by atoms with Crippen LogP contribution in [0.3, 0.4) is 0 Å². The van der Waals surface area contributed by atoms with Crippen molar-refractivity contribution in [2.75, 3.05) is 45.0 Å². The van der Waals surface area contributed by atoms with Crippen molar-refractivity contribution in [1.82, 2.24) is 60.0 Å². The Morgan fingerprint density at radius 3 is 1.13 bits per heavy atom. The molecular weight excluding hydrogens is 1500 g/mol. The van der Waals surface area contributed by atoms with Crippen LogP contribution in [0.25, 0.3) is 0 Å². The number of halogens is 6. The molecule has 0 unspecified atom stereocenters. The molecule has 0 atom stereocenters. The zero-order chi connectivity index (χ0) is 61.5. The Labute approximate surface area is 506 Å². The van der Waals surface area contributed by atoms with Crippen molar-refractivity contribution < 1.29 is 91.7 Å². The number of methoxy groups -OCH3 is 3. The first-order valence-corrected chi connectivity index (χ1v) is 31.4. The Hall–Kier alpha value is -6.49. The van der Waals surface area contributed by atoms with Gasteiger partial charge in [-0.2, -0.15) is 27.2 Å². The molecule has 0 bridgehead atoms. The number of ether oxygens (including phenoxy) is 3. The van der Waals surface area contributed by atoms with Crippen LogP contribution >= 0.6 is 72.0 Å². The molecule has 79 heavy (non-hydrogen) atoms. The fourth-order valence-corrected chi connectivity index (χ4v) is 4.16. The summed E-state index contributed by atoms with van der Waals surface area (Å²) in [7, 11) is 4.61. The molecule has 0 fully saturated rings. The first kappa shape index (κ1) is 83.8. The third-order valence-electron chi connectivity index (χ3n) is 6.26. The Balaban J connectivity index is -0.000000195. The number of nitro groups is 6. The van der Waals surface area contributed by atoms with Gasteiger partial charge in [0.1, 0.15) is 50.2 Å². The van der Waals surface area contributed by atoms with Gasteiger partial charge in [-0.15, -0.1) is 0 Å². The minimum atomic E-state index is -0.731. The van der Waals surface area contributed by atoms with Gasteiger partial charge in [-0.1, -0.05) is 34.8 Å². The number of aromatic nitrogens is 12. The second-order valence-electron chi connectivity index (χ2n) is 10.1. The first-order valence-electron chi connectivity index (χ1n) is 17.7. The van der Waals surface area contributed by atoms with E-state index in [4.69, 9.17) is 57.3 Å². The number of nitrogen functional groups attached to an aromatic ring is 3. The fourth-order valence-electron chi connectivity index (χ4n) is 3.51. The summed E-state index contributed by atoms with van der Waals surface area (Å²) in [4.78, 5) is 92.4. The second kappa shape index (κ2) is 52.2. The van der Waals surface area contributed by atoms with E-state index in [9.17, 15) is 60.7 Å². The molecule has 0 aliphatic rings.